The topological polar surface area (TPSA) is 107 Å². The van der Waals surface area contributed by atoms with Gasteiger partial charge in [0.25, 0.3) is 17.5 Å². The Balaban J connectivity index is 1.59. The molecule has 3 saturated heterocycles. The van der Waals surface area contributed by atoms with E-state index in [1.807, 2.05) is 6.92 Å². The molecule has 0 amide bonds. The van der Waals surface area contributed by atoms with E-state index in [4.69, 9.17) is 27.7 Å². The molecule has 0 bridgehead atoms. The maximum absolute atomic E-state index is 14.8. The van der Waals surface area contributed by atoms with E-state index >= 15 is 0 Å². The molecule has 0 radical (unpaired) electrons. The lowest BCUT2D eigenvalue weighted by atomic mass is 10.0. The van der Waals surface area contributed by atoms with Crippen LogP contribution in [-0.4, -0.2) is 56.9 Å². The van der Waals surface area contributed by atoms with E-state index in [0.717, 1.165) is 5.56 Å². The fourth-order valence-corrected chi connectivity index (χ4v) is 8.89. The molecular weight excluding hydrogens is 507 g/mol. The largest absolute Gasteiger partial charge is 0.348 e. The van der Waals surface area contributed by atoms with E-state index in [1.54, 1.807) is 70.2 Å². The highest BCUT2D eigenvalue weighted by atomic mass is 32.2. The molecule has 3 fully saturated rings. The van der Waals surface area contributed by atoms with Crippen molar-refractivity contribution >= 4 is 22.8 Å². The molecule has 0 saturated carbocycles. The minimum absolute atomic E-state index is 0.0566. The molecular formula is C25H31O9PS. The number of aryl methyl sites for hydroxylation is 1. The molecule has 9 nitrogen and oxygen atoms in total. The lowest BCUT2D eigenvalue weighted by Gasteiger charge is -2.43. The van der Waals surface area contributed by atoms with Crippen molar-refractivity contribution in [2.45, 2.75) is 81.3 Å². The summed E-state index contributed by atoms with van der Waals surface area (Å²) in [6, 6.07) is 14.7. The van der Waals surface area contributed by atoms with Crippen molar-refractivity contribution < 1.29 is 40.6 Å². The zero-order chi connectivity index (χ0) is 25.9. The minimum Gasteiger partial charge on any atom is -0.348 e. The third-order valence-corrected chi connectivity index (χ3v) is 10.5. The SMILES string of the molecule is Cc1ccc(S(=O)(=O)O[C@H]2[C@H]3OC(C)(C)O[C@H]3[C@H]([C@H]3COC(C)(C)O3)OP2(=O)c2ccccc2)cc1. The second kappa shape index (κ2) is 8.99. The molecule has 1 unspecified atom stereocenters. The predicted octanol–water partition coefficient (Wildman–Crippen LogP) is 3.70. The second-order valence-electron chi connectivity index (χ2n) is 10.2. The molecule has 6 atom stereocenters. The number of fused-ring (bicyclic) bond motifs is 1. The van der Waals surface area contributed by atoms with Crippen LogP contribution in [0.2, 0.25) is 0 Å². The summed E-state index contributed by atoms with van der Waals surface area (Å²) in [7, 11) is -8.35. The van der Waals surface area contributed by atoms with E-state index in [-0.39, 0.29) is 11.5 Å². The Hall–Kier alpha value is -1.62. The summed E-state index contributed by atoms with van der Waals surface area (Å²) in [6.45, 7) is 9.00. The van der Waals surface area contributed by atoms with Crippen molar-refractivity contribution in [3.05, 3.63) is 60.2 Å². The highest BCUT2D eigenvalue weighted by Crippen LogP contribution is 2.62. The van der Waals surface area contributed by atoms with Crippen LogP contribution in [0.25, 0.3) is 0 Å². The monoisotopic (exact) mass is 538 g/mol. The molecule has 0 aliphatic carbocycles. The van der Waals surface area contributed by atoms with Gasteiger partial charge in [-0.3, -0.25) is 4.57 Å². The lowest BCUT2D eigenvalue weighted by molar-refractivity contribution is -0.174. The van der Waals surface area contributed by atoms with Gasteiger partial charge in [-0.25, -0.2) is 4.18 Å². The number of hydrogen-bond acceptors (Lipinski definition) is 9. The van der Waals surface area contributed by atoms with Crippen LogP contribution in [0, 0.1) is 6.92 Å². The van der Waals surface area contributed by atoms with Gasteiger partial charge in [0, 0.05) is 5.30 Å². The van der Waals surface area contributed by atoms with Crippen molar-refractivity contribution in [2.75, 3.05) is 6.61 Å². The fourth-order valence-electron chi connectivity index (χ4n) is 4.79. The maximum Gasteiger partial charge on any atom is 0.297 e. The van der Waals surface area contributed by atoms with E-state index < -0.39 is 59.3 Å². The summed E-state index contributed by atoms with van der Waals surface area (Å²) in [5.41, 5.74) is 0.892. The van der Waals surface area contributed by atoms with Crippen molar-refractivity contribution in [3.8, 4) is 0 Å². The molecule has 3 aliphatic rings. The second-order valence-corrected chi connectivity index (χ2v) is 14.2. The molecule has 0 spiro atoms. The van der Waals surface area contributed by atoms with Crippen molar-refractivity contribution in [3.63, 3.8) is 0 Å². The number of hydrogen-bond donors (Lipinski definition) is 0. The van der Waals surface area contributed by atoms with Crippen LogP contribution in [0.3, 0.4) is 0 Å². The van der Waals surface area contributed by atoms with Crippen molar-refractivity contribution in [1.82, 2.24) is 0 Å². The first-order valence-electron chi connectivity index (χ1n) is 11.8. The Morgan fingerprint density at radius 3 is 2.11 bits per heavy atom. The standard InChI is InChI=1S/C25H31O9PS/c1-16-11-13-18(14-12-16)36(27,28)34-23-22-21(31-25(4,5)32-22)20(19-15-29-24(2,3)30-19)33-35(23,26)17-9-7-6-8-10-17/h6-14,19-23H,15H2,1-5H3/t19-,20+,21+,22+,23-,35?/m1/s1. The van der Waals surface area contributed by atoms with Gasteiger partial charge in [0.15, 0.2) is 17.4 Å². The van der Waals surface area contributed by atoms with Crippen LogP contribution in [0.1, 0.15) is 33.3 Å². The molecule has 3 heterocycles. The van der Waals surface area contributed by atoms with Gasteiger partial charge < -0.3 is 23.5 Å². The molecule has 2 aromatic rings. The van der Waals surface area contributed by atoms with Gasteiger partial charge in [0.2, 0.25) is 0 Å². The zero-order valence-electron chi connectivity index (χ0n) is 20.8. The summed E-state index contributed by atoms with van der Waals surface area (Å²) < 4.78 is 77.7. The summed E-state index contributed by atoms with van der Waals surface area (Å²) in [6.07, 6.45) is -3.30. The van der Waals surface area contributed by atoms with E-state index in [2.05, 4.69) is 0 Å². The fraction of sp³-hybridized carbons (Fsp3) is 0.520. The van der Waals surface area contributed by atoms with Crippen LogP contribution in [-0.2, 0) is 42.3 Å². The Morgan fingerprint density at radius 2 is 1.50 bits per heavy atom. The Bertz CT molecular complexity index is 1260. The first-order chi connectivity index (χ1) is 16.8. The third-order valence-electron chi connectivity index (χ3n) is 6.43. The maximum atomic E-state index is 14.8. The molecule has 196 valence electrons. The van der Waals surface area contributed by atoms with Crippen molar-refractivity contribution in [1.29, 1.82) is 0 Å². The van der Waals surface area contributed by atoms with Crippen LogP contribution in [0.5, 0.6) is 0 Å². The van der Waals surface area contributed by atoms with Crippen LogP contribution in [0.4, 0.5) is 0 Å². The molecule has 2 aromatic carbocycles. The van der Waals surface area contributed by atoms with Gasteiger partial charge in [-0.2, -0.15) is 8.42 Å². The Morgan fingerprint density at radius 1 is 0.861 bits per heavy atom. The highest BCUT2D eigenvalue weighted by molar-refractivity contribution is 7.87. The quantitative estimate of drug-likeness (QED) is 0.416. The average molecular weight is 539 g/mol. The van der Waals surface area contributed by atoms with Gasteiger partial charge in [-0.05, 0) is 58.9 Å². The summed E-state index contributed by atoms with van der Waals surface area (Å²) in [5.74, 6) is -3.45. The smallest absolute Gasteiger partial charge is 0.297 e. The van der Waals surface area contributed by atoms with Crippen LogP contribution in [0.15, 0.2) is 59.5 Å². The summed E-state index contributed by atoms with van der Waals surface area (Å²) in [5, 5.41) is 0.309. The first-order valence-corrected chi connectivity index (χ1v) is 14.9. The predicted molar refractivity (Wildman–Crippen MR) is 131 cm³/mol. The highest BCUT2D eigenvalue weighted by Gasteiger charge is 2.64. The van der Waals surface area contributed by atoms with E-state index in [9.17, 15) is 13.0 Å². The van der Waals surface area contributed by atoms with Crippen LogP contribution < -0.4 is 5.30 Å². The Kier molecular flexibility index (Phi) is 6.50. The van der Waals surface area contributed by atoms with Gasteiger partial charge in [0.05, 0.1) is 11.5 Å². The average Bonchev–Trinajstić information content (AvgIpc) is 3.34. The molecule has 0 aromatic heterocycles. The number of benzene rings is 2. The van der Waals surface area contributed by atoms with Crippen LogP contribution >= 0.6 is 7.37 Å². The third kappa shape index (κ3) is 4.81. The normalized spacial score (nSPS) is 35.4. The molecule has 3 aliphatic heterocycles. The van der Waals surface area contributed by atoms with Gasteiger partial charge in [-0.1, -0.05) is 35.9 Å². The molecule has 5 rings (SSSR count). The lowest BCUT2D eigenvalue weighted by Crippen LogP contribution is -2.56. The molecule has 11 heteroatoms. The van der Waals surface area contributed by atoms with E-state index in [1.165, 1.54) is 12.1 Å². The first kappa shape index (κ1) is 26.0. The van der Waals surface area contributed by atoms with Crippen molar-refractivity contribution in [2.24, 2.45) is 0 Å². The molecule has 36 heavy (non-hydrogen) atoms. The Labute approximate surface area is 211 Å². The van der Waals surface area contributed by atoms with Gasteiger partial charge in [-0.15, -0.1) is 0 Å². The van der Waals surface area contributed by atoms with E-state index in [0.29, 0.717) is 5.30 Å². The summed E-state index contributed by atoms with van der Waals surface area (Å²) >= 11 is 0. The summed E-state index contributed by atoms with van der Waals surface area (Å²) in [4.78, 5) is -0.0566. The zero-order valence-corrected chi connectivity index (χ0v) is 22.5. The van der Waals surface area contributed by atoms with Gasteiger partial charge >= 0.3 is 0 Å². The molecule has 0 N–H and O–H groups in total. The number of rotatable bonds is 5. The number of ether oxygens (including phenoxy) is 4. The minimum atomic E-state index is -4.33. The van der Waals surface area contributed by atoms with Gasteiger partial charge in [0.1, 0.15) is 24.4 Å².